The number of rotatable bonds is 8. The van der Waals surface area contributed by atoms with Crippen molar-refractivity contribution in [3.63, 3.8) is 0 Å². The number of nitrogens with one attached hydrogen (secondary N) is 3. The van der Waals surface area contributed by atoms with Gasteiger partial charge in [-0.2, -0.15) is 0 Å². The van der Waals surface area contributed by atoms with E-state index in [9.17, 15) is 13.2 Å². The molecule has 1 aromatic heterocycles. The summed E-state index contributed by atoms with van der Waals surface area (Å²) < 4.78 is 36.1. The van der Waals surface area contributed by atoms with E-state index in [4.69, 9.17) is 20.9 Å². The second-order valence-corrected chi connectivity index (χ2v) is 11.5. The van der Waals surface area contributed by atoms with Gasteiger partial charge in [-0.25, -0.2) is 18.1 Å². The van der Waals surface area contributed by atoms with E-state index >= 15 is 0 Å². The molecule has 11 heteroatoms. The van der Waals surface area contributed by atoms with Crippen LogP contribution in [-0.2, 0) is 27.7 Å². The van der Waals surface area contributed by atoms with Crippen molar-refractivity contribution in [2.75, 3.05) is 12.4 Å². The number of ether oxygens (including phenoxy) is 1. The first kappa shape index (κ1) is 24.9. The minimum Gasteiger partial charge on any atom is -0.497 e. The number of fused-ring (bicyclic) bond motifs is 2. The molecular weight excluding hydrogens is 510 g/mol. The van der Waals surface area contributed by atoms with Crippen molar-refractivity contribution < 1.29 is 17.9 Å². The third-order valence-electron chi connectivity index (χ3n) is 6.17. The van der Waals surface area contributed by atoms with Crippen molar-refractivity contribution in [3.8, 4) is 5.75 Å². The number of sulfonamides is 1. The number of hydrogen-bond donors (Lipinski definition) is 4. The number of aryl methyl sites for hydroxylation is 1. The van der Waals surface area contributed by atoms with Crippen LogP contribution in [0.25, 0.3) is 10.2 Å². The topological polar surface area (TPSA) is 147 Å². The smallest absolute Gasteiger partial charge is 0.241 e. The molecule has 190 valence electrons. The van der Waals surface area contributed by atoms with Crippen LogP contribution in [0.15, 0.2) is 65.6 Å². The SMILES string of the molecule is COc1ccc2nc([C@H](Cc3cccc(C(=N)N)c3)NS(=O)(=O)c3ccc4c(c3)CCC(=O)N4)sc2c1. The molecule has 0 radical (unpaired) electrons. The first-order chi connectivity index (χ1) is 17.7. The van der Waals surface area contributed by atoms with E-state index in [0.29, 0.717) is 41.3 Å². The van der Waals surface area contributed by atoms with E-state index in [1.165, 1.54) is 17.4 Å². The van der Waals surface area contributed by atoms with Crippen molar-refractivity contribution in [2.45, 2.75) is 30.2 Å². The average molecular weight is 536 g/mol. The van der Waals surface area contributed by atoms with Crippen LogP contribution in [0, 0.1) is 5.41 Å². The van der Waals surface area contributed by atoms with Gasteiger partial charge >= 0.3 is 0 Å². The summed E-state index contributed by atoms with van der Waals surface area (Å²) in [6.07, 6.45) is 1.10. The maximum atomic E-state index is 13.6. The zero-order valence-corrected chi connectivity index (χ0v) is 21.6. The van der Waals surface area contributed by atoms with Crippen LogP contribution in [0.1, 0.15) is 34.2 Å². The molecule has 0 bridgehead atoms. The molecule has 2 heterocycles. The molecule has 1 aliphatic heterocycles. The number of nitrogen functional groups attached to an aromatic ring is 1. The minimum absolute atomic E-state index is 0.0628. The number of carbonyl (C=O) groups excluding carboxylic acids is 1. The van der Waals surface area contributed by atoms with Gasteiger partial charge in [0.1, 0.15) is 16.6 Å². The Labute approximate surface area is 218 Å². The Morgan fingerprint density at radius 3 is 2.81 bits per heavy atom. The number of nitrogens with zero attached hydrogens (tertiary/aromatic N) is 1. The zero-order valence-electron chi connectivity index (χ0n) is 19.9. The monoisotopic (exact) mass is 535 g/mol. The van der Waals surface area contributed by atoms with Gasteiger partial charge in [0.25, 0.3) is 0 Å². The molecule has 0 spiro atoms. The van der Waals surface area contributed by atoms with Gasteiger partial charge in [-0.3, -0.25) is 10.2 Å². The third-order valence-corrected chi connectivity index (χ3v) is 8.77. The highest BCUT2D eigenvalue weighted by Gasteiger charge is 2.26. The molecule has 5 rings (SSSR count). The maximum absolute atomic E-state index is 13.6. The van der Waals surface area contributed by atoms with Gasteiger partial charge in [-0.05, 0) is 66.4 Å². The molecule has 0 aliphatic carbocycles. The number of amidine groups is 1. The Morgan fingerprint density at radius 2 is 2.03 bits per heavy atom. The van der Waals surface area contributed by atoms with Gasteiger partial charge in [0.05, 0.1) is 28.3 Å². The highest BCUT2D eigenvalue weighted by atomic mass is 32.2. The molecule has 0 fully saturated rings. The number of anilines is 1. The molecule has 0 saturated carbocycles. The van der Waals surface area contributed by atoms with E-state index in [-0.39, 0.29) is 16.6 Å². The molecule has 0 saturated heterocycles. The Bertz CT molecular complexity index is 1630. The van der Waals surface area contributed by atoms with Crippen molar-refractivity contribution in [1.29, 1.82) is 5.41 Å². The Kier molecular flexibility index (Phi) is 6.67. The fourth-order valence-electron chi connectivity index (χ4n) is 4.26. The predicted molar refractivity (Wildman–Crippen MR) is 144 cm³/mol. The summed E-state index contributed by atoms with van der Waals surface area (Å²) in [5, 5.41) is 11.1. The van der Waals surface area contributed by atoms with Gasteiger partial charge in [-0.15, -0.1) is 11.3 Å². The number of hydrogen-bond acceptors (Lipinski definition) is 7. The van der Waals surface area contributed by atoms with Crippen molar-refractivity contribution in [1.82, 2.24) is 9.71 Å². The molecule has 9 nitrogen and oxygen atoms in total. The molecule has 37 heavy (non-hydrogen) atoms. The Balaban J connectivity index is 1.52. The first-order valence-corrected chi connectivity index (χ1v) is 13.8. The van der Waals surface area contributed by atoms with E-state index in [0.717, 1.165) is 21.3 Å². The summed E-state index contributed by atoms with van der Waals surface area (Å²) in [6.45, 7) is 0. The standard InChI is InChI=1S/C26H25N5O4S2/c1-35-18-6-8-21-23(14-18)36-26(30-21)22(12-15-3-2-4-17(11-15)25(27)28)31-37(33,34)19-7-9-20-16(13-19)5-10-24(32)29-20/h2-4,6-9,11,13-14,22,31H,5,10,12H2,1H3,(H3,27,28)(H,29,32)/t22-/m0/s1. The molecular formula is C26H25N5O4S2. The molecule has 0 unspecified atom stereocenters. The van der Waals surface area contributed by atoms with Gasteiger partial charge < -0.3 is 15.8 Å². The number of thiazole rings is 1. The van der Waals surface area contributed by atoms with Crippen LogP contribution in [0.4, 0.5) is 5.69 Å². The second-order valence-electron chi connectivity index (χ2n) is 8.74. The van der Waals surface area contributed by atoms with Crippen LogP contribution in [0.3, 0.4) is 0 Å². The summed E-state index contributed by atoms with van der Waals surface area (Å²) in [5.74, 6) is 0.545. The highest BCUT2D eigenvalue weighted by molar-refractivity contribution is 7.89. The third kappa shape index (κ3) is 5.33. The maximum Gasteiger partial charge on any atom is 0.241 e. The molecule has 1 aliphatic rings. The highest BCUT2D eigenvalue weighted by Crippen LogP contribution is 2.33. The number of amides is 1. The Hall–Kier alpha value is -3.80. The predicted octanol–water partition coefficient (Wildman–Crippen LogP) is 3.74. The van der Waals surface area contributed by atoms with Crippen LogP contribution < -0.4 is 20.5 Å². The first-order valence-electron chi connectivity index (χ1n) is 11.5. The summed E-state index contributed by atoms with van der Waals surface area (Å²) in [7, 11) is -2.35. The van der Waals surface area contributed by atoms with Crippen molar-refractivity contribution in [3.05, 3.63) is 82.4 Å². The van der Waals surface area contributed by atoms with Crippen LogP contribution in [0.5, 0.6) is 5.75 Å². The molecule has 5 N–H and O–H groups in total. The van der Waals surface area contributed by atoms with E-state index in [1.54, 1.807) is 37.4 Å². The average Bonchev–Trinajstić information content (AvgIpc) is 3.31. The molecule has 1 amide bonds. The summed E-state index contributed by atoms with van der Waals surface area (Å²) in [4.78, 5) is 16.5. The Morgan fingerprint density at radius 1 is 1.19 bits per heavy atom. The summed E-state index contributed by atoms with van der Waals surface area (Å²) in [5.41, 5.74) is 9.19. The fraction of sp³-hybridized carbons (Fsp3) is 0.192. The molecule has 3 aromatic carbocycles. The summed E-state index contributed by atoms with van der Waals surface area (Å²) >= 11 is 1.39. The van der Waals surface area contributed by atoms with E-state index in [1.807, 2.05) is 24.3 Å². The lowest BCUT2D eigenvalue weighted by Crippen LogP contribution is -2.30. The van der Waals surface area contributed by atoms with E-state index in [2.05, 4.69) is 10.0 Å². The molecule has 4 aromatic rings. The number of methoxy groups -OCH3 is 1. The largest absolute Gasteiger partial charge is 0.497 e. The second kappa shape index (κ2) is 9.92. The lowest BCUT2D eigenvalue weighted by molar-refractivity contribution is -0.116. The minimum atomic E-state index is -3.94. The summed E-state index contributed by atoms with van der Waals surface area (Å²) in [6, 6.07) is 16.7. The van der Waals surface area contributed by atoms with E-state index < -0.39 is 16.1 Å². The van der Waals surface area contributed by atoms with Crippen LogP contribution >= 0.6 is 11.3 Å². The number of carbonyl (C=O) groups is 1. The number of benzene rings is 3. The van der Waals surface area contributed by atoms with Crippen LogP contribution in [0.2, 0.25) is 0 Å². The van der Waals surface area contributed by atoms with Crippen molar-refractivity contribution >= 4 is 49.0 Å². The quantitative estimate of drug-likeness (QED) is 0.200. The van der Waals surface area contributed by atoms with Crippen molar-refractivity contribution in [2.24, 2.45) is 5.73 Å². The van der Waals surface area contributed by atoms with Gasteiger partial charge in [0, 0.05) is 17.7 Å². The lowest BCUT2D eigenvalue weighted by Gasteiger charge is -2.20. The zero-order chi connectivity index (χ0) is 26.2. The van der Waals surface area contributed by atoms with Gasteiger partial charge in [-0.1, -0.05) is 18.2 Å². The normalized spacial score (nSPS) is 14.1. The number of aromatic nitrogens is 1. The number of nitrogens with two attached hydrogens (primary N) is 1. The lowest BCUT2D eigenvalue weighted by atomic mass is 10.0. The molecule has 1 atom stereocenters. The fourth-order valence-corrected chi connectivity index (χ4v) is 6.63. The van der Waals surface area contributed by atoms with Gasteiger partial charge in [0.15, 0.2) is 0 Å². The van der Waals surface area contributed by atoms with Gasteiger partial charge in [0.2, 0.25) is 15.9 Å². The van der Waals surface area contributed by atoms with Crippen LogP contribution in [-0.4, -0.2) is 32.3 Å².